The molecule has 0 aliphatic carbocycles. The zero-order valence-corrected chi connectivity index (χ0v) is 17.0. The molecular weight excluding hydrogens is 380 g/mol. The van der Waals surface area contributed by atoms with E-state index in [0.29, 0.717) is 12.1 Å². The number of carbonyl (C=O) groups excluding carboxylic acids is 1. The molecule has 152 valence electrons. The Kier molecular flexibility index (Phi) is 7.69. The molecule has 1 heterocycles. The minimum Gasteiger partial charge on any atom is -0.507 e. The number of rotatable bonds is 5. The number of carbonyl (C=O) groups is 1. The van der Waals surface area contributed by atoms with Gasteiger partial charge in [0.15, 0.2) is 0 Å². The third kappa shape index (κ3) is 4.95. The van der Waals surface area contributed by atoms with E-state index in [2.05, 4.69) is 39.7 Å². The Morgan fingerprint density at radius 1 is 1.14 bits per heavy atom. The Morgan fingerprint density at radius 3 is 2.46 bits per heavy atom. The summed E-state index contributed by atoms with van der Waals surface area (Å²) < 4.78 is 4.67. The normalized spacial score (nSPS) is 15.6. The Balaban J connectivity index is 0.00000280. The molecular formula is C21H27ClN2O4. The molecule has 0 bridgehead atoms. The van der Waals surface area contributed by atoms with Gasteiger partial charge in [-0.1, -0.05) is 24.3 Å². The van der Waals surface area contributed by atoms with Crippen LogP contribution in [-0.4, -0.2) is 60.9 Å². The number of hydrogen-bond donors (Lipinski definition) is 2. The molecule has 2 N–H and O–H groups in total. The van der Waals surface area contributed by atoms with Gasteiger partial charge >= 0.3 is 5.97 Å². The number of aliphatic hydroxyl groups excluding tert-OH is 1. The highest BCUT2D eigenvalue weighted by Gasteiger charge is 2.22. The van der Waals surface area contributed by atoms with E-state index in [-0.39, 0.29) is 23.7 Å². The van der Waals surface area contributed by atoms with Gasteiger partial charge in [0.2, 0.25) is 0 Å². The maximum absolute atomic E-state index is 11.7. The average Bonchev–Trinajstić information content (AvgIpc) is 2.69. The van der Waals surface area contributed by atoms with Gasteiger partial charge in [0.25, 0.3) is 0 Å². The number of piperazine rings is 1. The van der Waals surface area contributed by atoms with Gasteiger partial charge in [-0.2, -0.15) is 0 Å². The largest absolute Gasteiger partial charge is 0.507 e. The van der Waals surface area contributed by atoms with E-state index < -0.39 is 12.1 Å². The van der Waals surface area contributed by atoms with Crippen molar-refractivity contribution in [2.24, 2.45) is 0 Å². The molecule has 0 radical (unpaired) electrons. The van der Waals surface area contributed by atoms with Gasteiger partial charge in [-0.15, -0.1) is 12.4 Å². The molecule has 6 nitrogen and oxygen atoms in total. The Labute approximate surface area is 171 Å². The monoisotopic (exact) mass is 406 g/mol. The molecule has 1 aliphatic heterocycles. The summed E-state index contributed by atoms with van der Waals surface area (Å²) in [4.78, 5) is 16.3. The van der Waals surface area contributed by atoms with Crippen molar-refractivity contribution in [1.29, 1.82) is 0 Å². The number of ether oxygens (including phenoxy) is 1. The van der Waals surface area contributed by atoms with Crippen LogP contribution in [0.15, 0.2) is 42.5 Å². The van der Waals surface area contributed by atoms with Crippen LogP contribution in [0.3, 0.4) is 0 Å². The molecule has 3 rings (SSSR count). The Hall–Kier alpha value is -2.28. The van der Waals surface area contributed by atoms with E-state index >= 15 is 0 Å². The van der Waals surface area contributed by atoms with Gasteiger partial charge in [-0.05, 0) is 36.2 Å². The molecule has 2 aromatic carbocycles. The topological polar surface area (TPSA) is 73.2 Å². The summed E-state index contributed by atoms with van der Waals surface area (Å²) in [6, 6.07) is 12.9. The second-order valence-corrected chi connectivity index (χ2v) is 6.86. The number of phenolic OH excluding ortho intramolecular Hbond substituents is 1. The molecule has 0 spiro atoms. The number of phenols is 1. The van der Waals surface area contributed by atoms with Crippen LogP contribution in [0.1, 0.15) is 27.6 Å². The van der Waals surface area contributed by atoms with Crippen LogP contribution in [0.25, 0.3) is 0 Å². The van der Waals surface area contributed by atoms with E-state index in [4.69, 9.17) is 0 Å². The smallest absolute Gasteiger partial charge is 0.341 e. The SMILES string of the molecule is COC(=O)c1cc(C(O)CN2CCN(c3ccccc3C)CC2)ccc1O.Cl. The number of esters is 1. The number of methoxy groups -OCH3 is 1. The van der Waals surface area contributed by atoms with Crippen molar-refractivity contribution in [1.82, 2.24) is 4.90 Å². The van der Waals surface area contributed by atoms with Gasteiger partial charge in [0.1, 0.15) is 11.3 Å². The molecule has 1 aliphatic rings. The van der Waals surface area contributed by atoms with Gasteiger partial charge in [-0.25, -0.2) is 4.79 Å². The number of nitrogens with zero attached hydrogens (tertiary/aromatic N) is 2. The minimum atomic E-state index is -0.737. The van der Waals surface area contributed by atoms with Crippen molar-refractivity contribution in [2.75, 3.05) is 44.7 Å². The molecule has 0 aromatic heterocycles. The number of halogens is 1. The number of aryl methyl sites for hydroxylation is 1. The van der Waals surface area contributed by atoms with Gasteiger partial charge in [-0.3, -0.25) is 4.90 Å². The molecule has 28 heavy (non-hydrogen) atoms. The van der Waals surface area contributed by atoms with Crippen LogP contribution >= 0.6 is 12.4 Å². The summed E-state index contributed by atoms with van der Waals surface area (Å²) >= 11 is 0. The summed E-state index contributed by atoms with van der Waals surface area (Å²) in [6.45, 7) is 6.12. The highest BCUT2D eigenvalue weighted by molar-refractivity contribution is 5.92. The molecule has 1 saturated heterocycles. The maximum Gasteiger partial charge on any atom is 0.341 e. The molecule has 1 unspecified atom stereocenters. The number of anilines is 1. The molecule has 1 fully saturated rings. The lowest BCUT2D eigenvalue weighted by Gasteiger charge is -2.37. The summed E-state index contributed by atoms with van der Waals surface area (Å²) in [5, 5.41) is 20.4. The lowest BCUT2D eigenvalue weighted by molar-refractivity contribution is 0.0596. The number of para-hydroxylation sites is 1. The zero-order chi connectivity index (χ0) is 19.4. The first-order chi connectivity index (χ1) is 13.0. The zero-order valence-electron chi connectivity index (χ0n) is 16.2. The van der Waals surface area contributed by atoms with Gasteiger partial charge in [0, 0.05) is 38.4 Å². The molecule has 0 amide bonds. The van der Waals surface area contributed by atoms with Crippen LogP contribution in [0, 0.1) is 6.92 Å². The first-order valence-corrected chi connectivity index (χ1v) is 9.12. The number of β-amino-alcohol motifs (C(OH)–C–C–N with tert-alkyl or cyclic N) is 1. The van der Waals surface area contributed by atoms with E-state index in [1.165, 1.54) is 30.5 Å². The van der Waals surface area contributed by atoms with Crippen molar-refractivity contribution in [3.05, 3.63) is 59.2 Å². The number of hydrogen-bond acceptors (Lipinski definition) is 6. The summed E-state index contributed by atoms with van der Waals surface area (Å²) in [6.07, 6.45) is -0.737. The molecule has 2 aromatic rings. The highest BCUT2D eigenvalue weighted by atomic mass is 35.5. The van der Waals surface area contributed by atoms with Crippen LogP contribution in [0.2, 0.25) is 0 Å². The lowest BCUT2D eigenvalue weighted by Crippen LogP contribution is -2.47. The van der Waals surface area contributed by atoms with Crippen molar-refractivity contribution >= 4 is 24.1 Å². The summed E-state index contributed by atoms with van der Waals surface area (Å²) in [7, 11) is 1.26. The molecule has 7 heteroatoms. The van der Waals surface area contributed by atoms with Crippen LogP contribution < -0.4 is 4.90 Å². The van der Waals surface area contributed by atoms with Crippen molar-refractivity contribution in [3.8, 4) is 5.75 Å². The standard InChI is InChI=1S/C21H26N2O4.ClH/c1-15-5-3-4-6-18(15)23-11-9-22(10-12-23)14-20(25)16-7-8-19(24)17(13-16)21(26)27-2;/h3-8,13,20,24-25H,9-12,14H2,1-2H3;1H. The lowest BCUT2D eigenvalue weighted by atomic mass is 10.0. The first kappa shape index (κ1) is 22.0. The quantitative estimate of drug-likeness (QED) is 0.744. The van der Waals surface area contributed by atoms with E-state index in [1.54, 1.807) is 6.07 Å². The maximum atomic E-state index is 11.7. The van der Waals surface area contributed by atoms with Crippen molar-refractivity contribution < 1.29 is 19.7 Å². The van der Waals surface area contributed by atoms with Crippen LogP contribution in [-0.2, 0) is 4.74 Å². The summed E-state index contributed by atoms with van der Waals surface area (Å²) in [5.74, 6) is -0.766. The van der Waals surface area contributed by atoms with Crippen molar-refractivity contribution in [2.45, 2.75) is 13.0 Å². The fourth-order valence-corrected chi connectivity index (χ4v) is 3.47. The molecule has 1 atom stereocenters. The third-order valence-electron chi connectivity index (χ3n) is 5.07. The van der Waals surface area contributed by atoms with Gasteiger partial charge < -0.3 is 19.8 Å². The number of aliphatic hydroxyl groups is 1. The second-order valence-electron chi connectivity index (χ2n) is 6.86. The molecule has 0 saturated carbocycles. The second kappa shape index (κ2) is 9.78. The Bertz CT molecular complexity index is 807. The van der Waals surface area contributed by atoms with Crippen LogP contribution in [0.4, 0.5) is 5.69 Å². The number of aromatic hydroxyl groups is 1. The van der Waals surface area contributed by atoms with E-state index in [0.717, 1.165) is 26.2 Å². The predicted molar refractivity (Wildman–Crippen MR) is 111 cm³/mol. The fraction of sp³-hybridized carbons (Fsp3) is 0.381. The Morgan fingerprint density at radius 2 is 1.82 bits per heavy atom. The minimum absolute atomic E-state index is 0. The first-order valence-electron chi connectivity index (χ1n) is 9.12. The number of benzene rings is 2. The third-order valence-corrected chi connectivity index (χ3v) is 5.07. The fourth-order valence-electron chi connectivity index (χ4n) is 3.47. The van der Waals surface area contributed by atoms with Crippen molar-refractivity contribution in [3.63, 3.8) is 0 Å². The van der Waals surface area contributed by atoms with Gasteiger partial charge in [0.05, 0.1) is 13.2 Å². The predicted octanol–water partition coefficient (Wildman–Crippen LogP) is 2.76. The van der Waals surface area contributed by atoms with Crippen LogP contribution in [0.5, 0.6) is 5.75 Å². The van der Waals surface area contributed by atoms with E-state index in [9.17, 15) is 15.0 Å². The highest BCUT2D eigenvalue weighted by Crippen LogP contribution is 2.25. The average molecular weight is 407 g/mol. The summed E-state index contributed by atoms with van der Waals surface area (Å²) in [5.41, 5.74) is 3.19. The van der Waals surface area contributed by atoms with E-state index in [1.807, 2.05) is 6.07 Å².